The van der Waals surface area contributed by atoms with Crippen LogP contribution in [-0.2, 0) is 22.6 Å². The quantitative estimate of drug-likeness (QED) is 0.444. The Morgan fingerprint density at radius 2 is 1.90 bits per heavy atom. The van der Waals surface area contributed by atoms with Crippen molar-refractivity contribution in [1.82, 2.24) is 19.9 Å². The van der Waals surface area contributed by atoms with E-state index < -0.39 is 17.8 Å². The van der Waals surface area contributed by atoms with E-state index in [0.717, 1.165) is 16.7 Å². The third-order valence-electron chi connectivity index (χ3n) is 6.18. The molecule has 2 aromatic heterocycles. The van der Waals surface area contributed by atoms with Gasteiger partial charge >= 0.3 is 12.1 Å². The fraction of sp³-hybridized carbons (Fsp3) is 0.379. The summed E-state index contributed by atoms with van der Waals surface area (Å²) >= 11 is 0. The largest absolute Gasteiger partial charge is 0.457 e. The molecule has 1 aliphatic rings. The number of carbonyl (C=O) groups excluding carboxylic acids is 2. The maximum Gasteiger partial charge on any atom is 0.410 e. The Hall–Kier alpha value is -4.36. The summed E-state index contributed by atoms with van der Waals surface area (Å²) in [4.78, 5) is 39.4. The first-order chi connectivity index (χ1) is 18.0. The van der Waals surface area contributed by atoms with Crippen molar-refractivity contribution in [3.63, 3.8) is 0 Å². The molecule has 10 nitrogen and oxygen atoms in total. The normalized spacial score (nSPS) is 13.0. The number of carbonyl (C=O) groups is 2. The lowest BCUT2D eigenvalue weighted by atomic mass is 9.95. The fourth-order valence-corrected chi connectivity index (χ4v) is 4.14. The standard InChI is InChI=1S/C28H29N5O5.CH4/c1-16-8-23(30-10-18(16)9-29)19-11-31-25(32-12-19)14-33(27(36)38-28(3,4)5)13-24(34)20-6-7-21-22(17(20)2)15-37-26(21)35;/h6-8,10-12,24,34H,13-15H2,1-5H3;1H4/t24-;/m0./s1. The highest BCUT2D eigenvalue weighted by atomic mass is 16.6. The molecule has 0 aliphatic carbocycles. The van der Waals surface area contributed by atoms with Gasteiger partial charge in [0.2, 0.25) is 0 Å². The van der Waals surface area contributed by atoms with Crippen molar-refractivity contribution in [3.8, 4) is 17.3 Å². The molecule has 0 unspecified atom stereocenters. The third-order valence-corrected chi connectivity index (χ3v) is 6.18. The van der Waals surface area contributed by atoms with Crippen molar-refractivity contribution >= 4 is 12.1 Å². The molecule has 39 heavy (non-hydrogen) atoms. The second-order valence-corrected chi connectivity index (χ2v) is 10.1. The molecule has 0 saturated heterocycles. The van der Waals surface area contributed by atoms with Crippen LogP contribution in [0.15, 0.2) is 36.8 Å². The summed E-state index contributed by atoms with van der Waals surface area (Å²) in [5, 5.41) is 20.2. The lowest BCUT2D eigenvalue weighted by Gasteiger charge is -2.29. The SMILES string of the molecule is C.Cc1cc(-c2cnc(CN(C[C@H](O)c3ccc4c(c3C)COC4=O)C(=O)OC(C)(C)C)nc2)ncc1C#N. The molecular weight excluding hydrogens is 498 g/mol. The molecule has 0 fully saturated rings. The molecule has 1 amide bonds. The highest BCUT2D eigenvalue weighted by molar-refractivity contribution is 5.94. The van der Waals surface area contributed by atoms with Crippen LogP contribution in [0.4, 0.5) is 4.79 Å². The number of pyridine rings is 1. The lowest BCUT2D eigenvalue weighted by molar-refractivity contribution is 0.0117. The van der Waals surface area contributed by atoms with Crippen molar-refractivity contribution in [1.29, 1.82) is 5.26 Å². The van der Waals surface area contributed by atoms with Gasteiger partial charge in [-0.1, -0.05) is 13.5 Å². The van der Waals surface area contributed by atoms with Crippen LogP contribution in [0.25, 0.3) is 11.3 Å². The van der Waals surface area contributed by atoms with Crippen molar-refractivity contribution in [2.45, 2.75) is 66.9 Å². The summed E-state index contributed by atoms with van der Waals surface area (Å²) in [5.41, 5.74) is 4.40. The lowest BCUT2D eigenvalue weighted by Crippen LogP contribution is -2.39. The molecule has 10 heteroatoms. The van der Waals surface area contributed by atoms with Gasteiger partial charge in [-0.05, 0) is 63.4 Å². The van der Waals surface area contributed by atoms with E-state index in [4.69, 9.17) is 14.7 Å². The number of hydrogen-bond acceptors (Lipinski definition) is 9. The van der Waals surface area contributed by atoms with Gasteiger partial charge in [-0.15, -0.1) is 0 Å². The van der Waals surface area contributed by atoms with E-state index >= 15 is 0 Å². The highest BCUT2D eigenvalue weighted by Gasteiger charge is 2.29. The molecular formula is C29H33N5O5. The third kappa shape index (κ3) is 6.56. The summed E-state index contributed by atoms with van der Waals surface area (Å²) in [5.74, 6) is -0.0340. The number of rotatable bonds is 6. The van der Waals surface area contributed by atoms with Crippen LogP contribution in [0.1, 0.15) is 78.3 Å². The predicted octanol–water partition coefficient (Wildman–Crippen LogP) is 4.80. The molecule has 204 valence electrons. The molecule has 0 spiro atoms. The van der Waals surface area contributed by atoms with Crippen molar-refractivity contribution in [3.05, 3.63) is 76.0 Å². The number of benzene rings is 1. The minimum atomic E-state index is -1.05. The van der Waals surface area contributed by atoms with Crippen molar-refractivity contribution < 1.29 is 24.2 Å². The number of nitrogens with zero attached hydrogens (tertiary/aromatic N) is 5. The summed E-state index contributed by atoms with van der Waals surface area (Å²) in [6.45, 7) is 9.01. The predicted molar refractivity (Wildman–Crippen MR) is 143 cm³/mol. The zero-order valence-electron chi connectivity index (χ0n) is 22.0. The number of aromatic nitrogens is 3. The Morgan fingerprint density at radius 3 is 2.51 bits per heavy atom. The maximum atomic E-state index is 13.1. The number of aliphatic hydroxyl groups is 1. The Bertz CT molecular complexity index is 1420. The number of aryl methyl sites for hydroxylation is 1. The van der Waals surface area contributed by atoms with Gasteiger partial charge in [0, 0.05) is 29.7 Å². The molecule has 4 rings (SSSR count). The molecule has 1 aliphatic heterocycles. The minimum absolute atomic E-state index is 0. The van der Waals surface area contributed by atoms with Gasteiger partial charge in [0.15, 0.2) is 0 Å². The van der Waals surface area contributed by atoms with Crippen LogP contribution < -0.4 is 0 Å². The van der Waals surface area contributed by atoms with Crippen molar-refractivity contribution in [2.24, 2.45) is 0 Å². The molecule has 1 N–H and O–H groups in total. The Kier molecular flexibility index (Phi) is 8.67. The van der Waals surface area contributed by atoms with E-state index in [1.807, 2.05) is 13.8 Å². The monoisotopic (exact) mass is 531 g/mol. The number of esters is 1. The summed E-state index contributed by atoms with van der Waals surface area (Å²) < 4.78 is 10.7. The number of aliphatic hydroxyl groups excluding tert-OH is 1. The summed E-state index contributed by atoms with van der Waals surface area (Å²) in [6.07, 6.45) is 3.04. The fourth-order valence-electron chi connectivity index (χ4n) is 4.14. The van der Waals surface area contributed by atoms with Gasteiger partial charge in [0.05, 0.1) is 36.0 Å². The van der Waals surface area contributed by atoms with E-state index in [2.05, 4.69) is 21.0 Å². The molecule has 0 bridgehead atoms. The Balaban J connectivity index is 0.00000420. The van der Waals surface area contributed by atoms with Crippen LogP contribution in [0.5, 0.6) is 0 Å². The van der Waals surface area contributed by atoms with E-state index in [9.17, 15) is 14.7 Å². The van der Waals surface area contributed by atoms with Crippen LogP contribution in [0, 0.1) is 25.2 Å². The zero-order valence-corrected chi connectivity index (χ0v) is 22.0. The molecule has 3 aromatic rings. The summed E-state index contributed by atoms with van der Waals surface area (Å²) in [7, 11) is 0. The van der Waals surface area contributed by atoms with Crippen LogP contribution in [0.2, 0.25) is 0 Å². The highest BCUT2D eigenvalue weighted by Crippen LogP contribution is 2.30. The average molecular weight is 532 g/mol. The zero-order chi connectivity index (χ0) is 27.6. The number of amides is 1. The number of nitriles is 1. The van der Waals surface area contributed by atoms with E-state index in [1.165, 1.54) is 11.1 Å². The first kappa shape index (κ1) is 29.2. The number of ether oxygens (including phenoxy) is 2. The number of cyclic esters (lactones) is 1. The van der Waals surface area contributed by atoms with Gasteiger partial charge in [0.25, 0.3) is 0 Å². The number of fused-ring (bicyclic) bond motifs is 1. The van der Waals surface area contributed by atoms with Gasteiger partial charge in [-0.3, -0.25) is 9.88 Å². The second kappa shape index (κ2) is 11.6. The van der Waals surface area contributed by atoms with Gasteiger partial charge in [0.1, 0.15) is 24.1 Å². The Morgan fingerprint density at radius 1 is 1.21 bits per heavy atom. The maximum absolute atomic E-state index is 13.1. The molecule has 0 radical (unpaired) electrons. The smallest absolute Gasteiger partial charge is 0.410 e. The first-order valence-electron chi connectivity index (χ1n) is 12.1. The van der Waals surface area contributed by atoms with Gasteiger partial charge in [-0.2, -0.15) is 5.26 Å². The first-order valence-corrected chi connectivity index (χ1v) is 12.1. The van der Waals surface area contributed by atoms with Gasteiger partial charge in [-0.25, -0.2) is 19.6 Å². The van der Waals surface area contributed by atoms with Crippen molar-refractivity contribution in [2.75, 3.05) is 6.54 Å². The van der Waals surface area contributed by atoms with Gasteiger partial charge < -0.3 is 14.6 Å². The molecule has 3 heterocycles. The van der Waals surface area contributed by atoms with E-state index in [0.29, 0.717) is 33.8 Å². The number of hydrogen-bond donors (Lipinski definition) is 1. The summed E-state index contributed by atoms with van der Waals surface area (Å²) in [6, 6.07) is 7.19. The minimum Gasteiger partial charge on any atom is -0.457 e. The van der Waals surface area contributed by atoms with Crippen LogP contribution in [-0.4, -0.2) is 49.2 Å². The topological polar surface area (TPSA) is 139 Å². The van der Waals surface area contributed by atoms with Crippen LogP contribution in [0.3, 0.4) is 0 Å². The molecule has 1 aromatic carbocycles. The van der Waals surface area contributed by atoms with E-state index in [-0.39, 0.29) is 33.1 Å². The van der Waals surface area contributed by atoms with E-state index in [1.54, 1.807) is 51.4 Å². The molecule has 1 atom stereocenters. The molecule has 0 saturated carbocycles. The average Bonchev–Trinajstić information content (AvgIpc) is 3.24. The Labute approximate surface area is 228 Å². The van der Waals surface area contributed by atoms with Crippen LogP contribution >= 0.6 is 0 Å². The second-order valence-electron chi connectivity index (χ2n) is 10.1.